The fourth-order valence-corrected chi connectivity index (χ4v) is 2.91. The van der Waals surface area contributed by atoms with Crippen LogP contribution in [0.2, 0.25) is 0 Å². The molecule has 100 valence electrons. The van der Waals surface area contributed by atoms with Gasteiger partial charge in [0.15, 0.2) is 0 Å². The third kappa shape index (κ3) is 5.07. The van der Waals surface area contributed by atoms with Crippen molar-refractivity contribution in [1.29, 1.82) is 0 Å². The molecule has 1 saturated heterocycles. The molecule has 1 N–H and O–H groups in total. The molecule has 0 aromatic rings. The molecule has 1 aliphatic rings. The highest BCUT2D eigenvalue weighted by Crippen LogP contribution is 2.25. The molecule has 1 fully saturated rings. The molecule has 0 amide bonds. The monoisotopic (exact) mass is 241 g/mol. The van der Waals surface area contributed by atoms with Crippen LogP contribution in [0.4, 0.5) is 0 Å². The van der Waals surface area contributed by atoms with Crippen molar-refractivity contribution < 1.29 is 9.90 Å². The molecular formula is C14H27NO2. The van der Waals surface area contributed by atoms with Crippen LogP contribution in [-0.2, 0) is 4.79 Å². The minimum absolute atomic E-state index is 0.344. The molecule has 0 radical (unpaired) electrons. The number of hydrogen-bond donors (Lipinski definition) is 1. The maximum atomic E-state index is 10.5. The Labute approximate surface area is 105 Å². The molecule has 17 heavy (non-hydrogen) atoms. The van der Waals surface area contributed by atoms with Crippen LogP contribution in [0.25, 0.3) is 0 Å². The molecule has 1 unspecified atom stereocenters. The summed E-state index contributed by atoms with van der Waals surface area (Å²) in [5.41, 5.74) is 0. The quantitative estimate of drug-likeness (QED) is 0.744. The number of rotatable bonds is 7. The van der Waals surface area contributed by atoms with Crippen LogP contribution in [0.3, 0.4) is 0 Å². The Balaban J connectivity index is 2.26. The summed E-state index contributed by atoms with van der Waals surface area (Å²) in [5, 5.41) is 8.68. The number of nitrogens with zero attached hydrogens (tertiary/aromatic N) is 1. The van der Waals surface area contributed by atoms with Crippen molar-refractivity contribution in [2.75, 3.05) is 13.1 Å². The molecule has 3 heteroatoms. The van der Waals surface area contributed by atoms with Crippen LogP contribution in [0.5, 0.6) is 0 Å². The summed E-state index contributed by atoms with van der Waals surface area (Å²) in [7, 11) is 0. The predicted molar refractivity (Wildman–Crippen MR) is 70.2 cm³/mol. The van der Waals surface area contributed by atoms with E-state index < -0.39 is 5.97 Å². The Morgan fingerprint density at radius 2 is 2.00 bits per heavy atom. The van der Waals surface area contributed by atoms with Crippen LogP contribution in [0.1, 0.15) is 58.8 Å². The number of hydrogen-bond acceptors (Lipinski definition) is 2. The SMILES string of the molecule is CCCC(CC)N1CCC(CCC(=O)O)CC1. The first-order valence-electron chi connectivity index (χ1n) is 7.13. The van der Waals surface area contributed by atoms with Crippen LogP contribution < -0.4 is 0 Å². The summed E-state index contributed by atoms with van der Waals surface area (Å²) in [4.78, 5) is 13.1. The number of aliphatic carboxylic acids is 1. The Bertz CT molecular complexity index is 222. The molecule has 0 aromatic heterocycles. The first kappa shape index (κ1) is 14.5. The Hall–Kier alpha value is -0.570. The average Bonchev–Trinajstić information content (AvgIpc) is 2.34. The van der Waals surface area contributed by atoms with Gasteiger partial charge in [-0.3, -0.25) is 4.79 Å². The lowest BCUT2D eigenvalue weighted by Crippen LogP contribution is -2.41. The zero-order chi connectivity index (χ0) is 12.7. The second-order valence-electron chi connectivity index (χ2n) is 5.26. The van der Waals surface area contributed by atoms with E-state index in [1.165, 1.54) is 45.2 Å². The van der Waals surface area contributed by atoms with E-state index in [2.05, 4.69) is 18.7 Å². The normalized spacial score (nSPS) is 20.4. The largest absolute Gasteiger partial charge is 0.481 e. The average molecular weight is 241 g/mol. The summed E-state index contributed by atoms with van der Waals surface area (Å²) >= 11 is 0. The summed E-state index contributed by atoms with van der Waals surface area (Å²) in [6.45, 7) is 6.87. The smallest absolute Gasteiger partial charge is 0.303 e. The molecule has 0 saturated carbocycles. The van der Waals surface area contributed by atoms with Crippen molar-refractivity contribution in [3.63, 3.8) is 0 Å². The van der Waals surface area contributed by atoms with Crippen LogP contribution in [-0.4, -0.2) is 35.1 Å². The Kier molecular flexibility index (Phi) is 6.56. The van der Waals surface area contributed by atoms with Gasteiger partial charge in [0.25, 0.3) is 0 Å². The van der Waals surface area contributed by atoms with Gasteiger partial charge in [-0.25, -0.2) is 0 Å². The van der Waals surface area contributed by atoms with E-state index in [1.807, 2.05) is 0 Å². The van der Waals surface area contributed by atoms with Gasteiger partial charge >= 0.3 is 5.97 Å². The van der Waals surface area contributed by atoms with Crippen molar-refractivity contribution in [2.24, 2.45) is 5.92 Å². The van der Waals surface area contributed by atoms with Crippen molar-refractivity contribution in [3.05, 3.63) is 0 Å². The Morgan fingerprint density at radius 1 is 1.35 bits per heavy atom. The van der Waals surface area contributed by atoms with E-state index in [0.29, 0.717) is 12.3 Å². The molecular weight excluding hydrogens is 214 g/mol. The topological polar surface area (TPSA) is 40.5 Å². The molecule has 1 atom stereocenters. The molecule has 0 spiro atoms. The standard InChI is InChI=1S/C14H27NO2/c1-3-5-13(4-2)15-10-8-12(9-11-15)6-7-14(16)17/h12-13H,3-11H2,1-2H3,(H,16,17). The van der Waals surface area contributed by atoms with Gasteiger partial charge in [-0.15, -0.1) is 0 Å². The van der Waals surface area contributed by atoms with Crippen molar-refractivity contribution in [1.82, 2.24) is 4.90 Å². The fraction of sp³-hybridized carbons (Fsp3) is 0.929. The van der Waals surface area contributed by atoms with E-state index in [9.17, 15) is 4.79 Å². The maximum absolute atomic E-state index is 10.5. The van der Waals surface area contributed by atoms with Crippen molar-refractivity contribution in [3.8, 4) is 0 Å². The highest BCUT2D eigenvalue weighted by atomic mass is 16.4. The van der Waals surface area contributed by atoms with Gasteiger partial charge in [0, 0.05) is 12.5 Å². The highest BCUT2D eigenvalue weighted by Gasteiger charge is 2.23. The van der Waals surface area contributed by atoms with Crippen LogP contribution in [0, 0.1) is 5.92 Å². The highest BCUT2D eigenvalue weighted by molar-refractivity contribution is 5.66. The third-order valence-corrected chi connectivity index (χ3v) is 4.03. The zero-order valence-corrected chi connectivity index (χ0v) is 11.3. The lowest BCUT2D eigenvalue weighted by atomic mass is 9.90. The van der Waals surface area contributed by atoms with Gasteiger partial charge in [0.1, 0.15) is 0 Å². The summed E-state index contributed by atoms with van der Waals surface area (Å²) in [5.74, 6) is -0.00803. The number of carboxylic acid groups (broad SMARTS) is 1. The first-order chi connectivity index (χ1) is 8.17. The molecule has 0 aromatic carbocycles. The van der Waals surface area contributed by atoms with Gasteiger partial charge in [0.05, 0.1) is 0 Å². The minimum Gasteiger partial charge on any atom is -0.481 e. The van der Waals surface area contributed by atoms with Gasteiger partial charge < -0.3 is 10.0 Å². The summed E-state index contributed by atoms with van der Waals surface area (Å²) in [6, 6.07) is 0.750. The maximum Gasteiger partial charge on any atom is 0.303 e. The van der Waals surface area contributed by atoms with E-state index in [4.69, 9.17) is 5.11 Å². The molecule has 0 bridgehead atoms. The number of piperidine rings is 1. The fourth-order valence-electron chi connectivity index (χ4n) is 2.91. The van der Waals surface area contributed by atoms with E-state index >= 15 is 0 Å². The minimum atomic E-state index is -0.648. The zero-order valence-electron chi connectivity index (χ0n) is 11.3. The predicted octanol–water partition coefficient (Wildman–Crippen LogP) is 3.14. The molecule has 0 aliphatic carbocycles. The van der Waals surface area contributed by atoms with Gasteiger partial charge in [-0.1, -0.05) is 20.3 Å². The van der Waals surface area contributed by atoms with Gasteiger partial charge in [-0.05, 0) is 51.1 Å². The van der Waals surface area contributed by atoms with E-state index in [0.717, 1.165) is 12.5 Å². The van der Waals surface area contributed by atoms with E-state index in [1.54, 1.807) is 0 Å². The van der Waals surface area contributed by atoms with Crippen molar-refractivity contribution in [2.45, 2.75) is 64.8 Å². The van der Waals surface area contributed by atoms with Crippen molar-refractivity contribution >= 4 is 5.97 Å². The molecule has 1 aliphatic heterocycles. The second-order valence-corrected chi connectivity index (χ2v) is 5.26. The first-order valence-corrected chi connectivity index (χ1v) is 7.13. The van der Waals surface area contributed by atoms with E-state index in [-0.39, 0.29) is 0 Å². The van der Waals surface area contributed by atoms with Crippen LogP contribution >= 0.6 is 0 Å². The number of carbonyl (C=O) groups is 1. The lowest BCUT2D eigenvalue weighted by molar-refractivity contribution is -0.137. The second kappa shape index (κ2) is 7.70. The molecule has 3 nitrogen and oxygen atoms in total. The number of carboxylic acids is 1. The third-order valence-electron chi connectivity index (χ3n) is 4.03. The Morgan fingerprint density at radius 3 is 2.47 bits per heavy atom. The lowest BCUT2D eigenvalue weighted by Gasteiger charge is -2.37. The van der Waals surface area contributed by atoms with Crippen LogP contribution in [0.15, 0.2) is 0 Å². The summed E-state index contributed by atoms with van der Waals surface area (Å²) < 4.78 is 0. The summed E-state index contributed by atoms with van der Waals surface area (Å²) in [6.07, 6.45) is 7.40. The molecule has 1 rings (SSSR count). The molecule has 1 heterocycles. The van der Waals surface area contributed by atoms with Gasteiger partial charge in [-0.2, -0.15) is 0 Å². The number of likely N-dealkylation sites (tertiary alicyclic amines) is 1. The van der Waals surface area contributed by atoms with Gasteiger partial charge in [0.2, 0.25) is 0 Å².